The minimum Gasteiger partial charge on any atom is -0.361 e. The molecule has 1 aromatic heterocycles. The first-order chi connectivity index (χ1) is 8.22. The van der Waals surface area contributed by atoms with E-state index in [0.717, 1.165) is 25.8 Å². The van der Waals surface area contributed by atoms with Crippen molar-refractivity contribution in [1.29, 1.82) is 0 Å². The Labute approximate surface area is 102 Å². The Morgan fingerprint density at radius 1 is 1.53 bits per heavy atom. The van der Waals surface area contributed by atoms with Crippen LogP contribution in [0, 0.1) is 6.92 Å². The van der Waals surface area contributed by atoms with E-state index in [-0.39, 0.29) is 5.91 Å². The second-order valence-corrected chi connectivity index (χ2v) is 4.73. The van der Waals surface area contributed by atoms with Gasteiger partial charge in [0.15, 0.2) is 5.69 Å². The summed E-state index contributed by atoms with van der Waals surface area (Å²) < 4.78 is 4.98. The average Bonchev–Trinajstić information content (AvgIpc) is 2.64. The second kappa shape index (κ2) is 5.34. The number of carbonyl (C=O) groups excluding carboxylic acids is 1. The largest absolute Gasteiger partial charge is 0.361 e. The smallest absolute Gasteiger partial charge is 0.276 e. The van der Waals surface area contributed by atoms with Gasteiger partial charge in [-0.3, -0.25) is 4.79 Å². The molecule has 0 bridgehead atoms. The number of nitrogens with zero attached hydrogens (tertiary/aromatic N) is 2. The molecule has 94 valence electrons. The minimum absolute atomic E-state index is 0.0237. The Balaban J connectivity index is 2.15. The first kappa shape index (κ1) is 12.1. The molecule has 0 radical (unpaired) electrons. The number of carbonyl (C=O) groups is 1. The third-order valence-corrected chi connectivity index (χ3v) is 3.46. The maximum absolute atomic E-state index is 12.3. The molecule has 0 unspecified atom stereocenters. The summed E-state index contributed by atoms with van der Waals surface area (Å²) in [5.74, 6) is 0.715. The van der Waals surface area contributed by atoms with Gasteiger partial charge in [-0.15, -0.1) is 0 Å². The number of likely N-dealkylation sites (tertiary alicyclic amines) is 1. The molecule has 1 fully saturated rings. The fraction of sp³-hybridized carbons (Fsp3) is 0.692. The number of aryl methyl sites for hydroxylation is 1. The number of hydrogen-bond acceptors (Lipinski definition) is 3. The third-order valence-electron chi connectivity index (χ3n) is 3.46. The Bertz CT molecular complexity index is 387. The fourth-order valence-electron chi connectivity index (χ4n) is 2.48. The lowest BCUT2D eigenvalue weighted by atomic mass is 10.1. The van der Waals surface area contributed by atoms with E-state index in [1.54, 1.807) is 6.07 Å². The molecule has 1 aliphatic rings. The Kier molecular flexibility index (Phi) is 3.82. The summed E-state index contributed by atoms with van der Waals surface area (Å²) in [6.07, 6.45) is 5.67. The lowest BCUT2D eigenvalue weighted by Crippen LogP contribution is -2.39. The van der Waals surface area contributed by atoms with Crippen LogP contribution in [0.2, 0.25) is 0 Å². The van der Waals surface area contributed by atoms with Crippen LogP contribution in [0.4, 0.5) is 0 Å². The number of rotatable bonds is 2. The van der Waals surface area contributed by atoms with Crippen LogP contribution in [0.3, 0.4) is 0 Å². The van der Waals surface area contributed by atoms with Crippen molar-refractivity contribution in [1.82, 2.24) is 10.1 Å². The summed E-state index contributed by atoms with van der Waals surface area (Å²) in [6, 6.07) is 2.09. The summed E-state index contributed by atoms with van der Waals surface area (Å²) in [6.45, 7) is 4.80. The normalized spacial score (nSPS) is 21.3. The van der Waals surface area contributed by atoms with Gasteiger partial charge in [-0.05, 0) is 26.2 Å². The molecule has 0 saturated carbocycles. The van der Waals surface area contributed by atoms with Crippen LogP contribution in [-0.2, 0) is 0 Å². The van der Waals surface area contributed by atoms with Crippen molar-refractivity contribution in [2.24, 2.45) is 0 Å². The highest BCUT2D eigenvalue weighted by molar-refractivity contribution is 5.92. The monoisotopic (exact) mass is 236 g/mol. The van der Waals surface area contributed by atoms with Gasteiger partial charge in [0.2, 0.25) is 0 Å². The quantitative estimate of drug-likeness (QED) is 0.793. The zero-order chi connectivity index (χ0) is 12.3. The van der Waals surface area contributed by atoms with E-state index in [9.17, 15) is 4.79 Å². The van der Waals surface area contributed by atoms with E-state index in [1.165, 1.54) is 12.8 Å². The van der Waals surface area contributed by atoms with Gasteiger partial charge in [0.25, 0.3) is 5.91 Å². The molecule has 1 amide bonds. The van der Waals surface area contributed by atoms with Crippen molar-refractivity contribution >= 4 is 5.91 Å². The summed E-state index contributed by atoms with van der Waals surface area (Å²) in [4.78, 5) is 14.3. The van der Waals surface area contributed by atoms with E-state index in [1.807, 2.05) is 11.8 Å². The van der Waals surface area contributed by atoms with Gasteiger partial charge in [-0.2, -0.15) is 0 Å². The molecule has 1 atom stereocenters. The first-order valence-corrected chi connectivity index (χ1v) is 6.46. The van der Waals surface area contributed by atoms with Crippen LogP contribution >= 0.6 is 0 Å². The average molecular weight is 236 g/mol. The summed E-state index contributed by atoms with van der Waals surface area (Å²) in [5.41, 5.74) is 0.447. The van der Waals surface area contributed by atoms with Gasteiger partial charge in [0.1, 0.15) is 5.76 Å². The SMILES string of the molecule is CC[C@H]1CCCCCN1C(=O)c1cc(C)on1. The first-order valence-electron chi connectivity index (χ1n) is 6.46. The third kappa shape index (κ3) is 2.68. The highest BCUT2D eigenvalue weighted by atomic mass is 16.5. The summed E-state index contributed by atoms with van der Waals surface area (Å²) in [5, 5.41) is 3.82. The topological polar surface area (TPSA) is 46.3 Å². The number of aromatic nitrogens is 1. The van der Waals surface area contributed by atoms with Crippen LogP contribution in [0.15, 0.2) is 10.6 Å². The van der Waals surface area contributed by atoms with Gasteiger partial charge >= 0.3 is 0 Å². The molecular formula is C13H20N2O2. The molecule has 1 saturated heterocycles. The molecule has 4 heteroatoms. The van der Waals surface area contributed by atoms with Gasteiger partial charge < -0.3 is 9.42 Å². The zero-order valence-corrected chi connectivity index (χ0v) is 10.6. The van der Waals surface area contributed by atoms with Crippen LogP contribution in [0.25, 0.3) is 0 Å². The van der Waals surface area contributed by atoms with E-state index >= 15 is 0 Å². The lowest BCUT2D eigenvalue weighted by Gasteiger charge is -2.28. The molecule has 4 nitrogen and oxygen atoms in total. The molecule has 17 heavy (non-hydrogen) atoms. The second-order valence-electron chi connectivity index (χ2n) is 4.73. The number of hydrogen-bond donors (Lipinski definition) is 0. The Morgan fingerprint density at radius 3 is 3.00 bits per heavy atom. The van der Waals surface area contributed by atoms with E-state index in [4.69, 9.17) is 4.52 Å². The number of amides is 1. The zero-order valence-electron chi connectivity index (χ0n) is 10.6. The Hall–Kier alpha value is -1.32. The standard InChI is InChI=1S/C13H20N2O2/c1-3-11-7-5-4-6-8-15(11)13(16)12-9-10(2)17-14-12/h9,11H,3-8H2,1-2H3/t11-/m0/s1. The molecule has 1 aliphatic heterocycles. The van der Waals surface area contributed by atoms with Gasteiger partial charge in [0, 0.05) is 18.7 Å². The van der Waals surface area contributed by atoms with Gasteiger partial charge in [-0.25, -0.2) is 0 Å². The highest BCUT2D eigenvalue weighted by Gasteiger charge is 2.26. The molecular weight excluding hydrogens is 216 g/mol. The molecule has 0 N–H and O–H groups in total. The van der Waals surface area contributed by atoms with Crippen molar-refractivity contribution < 1.29 is 9.32 Å². The Morgan fingerprint density at radius 2 is 2.35 bits per heavy atom. The van der Waals surface area contributed by atoms with Gasteiger partial charge in [-0.1, -0.05) is 24.9 Å². The van der Waals surface area contributed by atoms with Crippen molar-refractivity contribution in [3.05, 3.63) is 17.5 Å². The van der Waals surface area contributed by atoms with Crippen LogP contribution in [-0.4, -0.2) is 28.6 Å². The maximum Gasteiger partial charge on any atom is 0.276 e. The maximum atomic E-state index is 12.3. The van der Waals surface area contributed by atoms with Crippen LogP contribution < -0.4 is 0 Å². The van der Waals surface area contributed by atoms with E-state index in [0.29, 0.717) is 17.5 Å². The van der Waals surface area contributed by atoms with Crippen molar-refractivity contribution in [3.63, 3.8) is 0 Å². The van der Waals surface area contributed by atoms with E-state index in [2.05, 4.69) is 12.1 Å². The molecule has 0 spiro atoms. The predicted octanol–water partition coefficient (Wildman–Crippen LogP) is 2.78. The van der Waals surface area contributed by atoms with Crippen LogP contribution in [0.5, 0.6) is 0 Å². The molecule has 0 aromatic carbocycles. The van der Waals surface area contributed by atoms with Crippen molar-refractivity contribution in [2.75, 3.05) is 6.54 Å². The summed E-state index contributed by atoms with van der Waals surface area (Å²) in [7, 11) is 0. The van der Waals surface area contributed by atoms with Crippen LogP contribution in [0.1, 0.15) is 55.3 Å². The predicted molar refractivity (Wildman–Crippen MR) is 64.8 cm³/mol. The molecule has 2 rings (SSSR count). The highest BCUT2D eigenvalue weighted by Crippen LogP contribution is 2.21. The van der Waals surface area contributed by atoms with Gasteiger partial charge in [0.05, 0.1) is 0 Å². The van der Waals surface area contributed by atoms with E-state index < -0.39 is 0 Å². The fourth-order valence-corrected chi connectivity index (χ4v) is 2.48. The molecule has 1 aromatic rings. The van der Waals surface area contributed by atoms with Crippen molar-refractivity contribution in [2.45, 2.75) is 52.0 Å². The molecule has 0 aliphatic carbocycles. The lowest BCUT2D eigenvalue weighted by molar-refractivity contribution is 0.0667. The molecule has 2 heterocycles. The van der Waals surface area contributed by atoms with Crippen molar-refractivity contribution in [3.8, 4) is 0 Å². The summed E-state index contributed by atoms with van der Waals surface area (Å²) >= 11 is 0. The minimum atomic E-state index is 0.0237.